The van der Waals surface area contributed by atoms with E-state index >= 15 is 0 Å². The van der Waals surface area contributed by atoms with Gasteiger partial charge in [0.15, 0.2) is 6.04 Å². The average Bonchev–Trinajstić information content (AvgIpc) is 2.78. The smallest absolute Gasteiger partial charge is 0.333 e. The second-order valence-electron chi connectivity index (χ2n) is 4.62. The first-order chi connectivity index (χ1) is 10.0. The number of ether oxygens (including phenoxy) is 1. The minimum atomic E-state index is -0.796. The van der Waals surface area contributed by atoms with Crippen LogP contribution < -0.4 is 5.32 Å². The highest BCUT2D eigenvalue weighted by Crippen LogP contribution is 2.25. The van der Waals surface area contributed by atoms with E-state index in [0.717, 1.165) is 5.69 Å². The molecular weight excluding hydrogens is 273 g/mol. The highest BCUT2D eigenvalue weighted by molar-refractivity contribution is 5.81. The summed E-state index contributed by atoms with van der Waals surface area (Å²) in [5.41, 5.74) is 1.73. The van der Waals surface area contributed by atoms with E-state index in [1.165, 1.54) is 6.07 Å². The maximum absolute atomic E-state index is 13.8. The summed E-state index contributed by atoms with van der Waals surface area (Å²) in [4.78, 5) is 12.2. The van der Waals surface area contributed by atoms with Crippen molar-refractivity contribution in [1.82, 2.24) is 9.78 Å². The van der Waals surface area contributed by atoms with E-state index in [4.69, 9.17) is 4.74 Å². The fourth-order valence-corrected chi connectivity index (χ4v) is 2.02. The Morgan fingerprint density at radius 3 is 2.76 bits per heavy atom. The Balaban J connectivity index is 2.35. The van der Waals surface area contributed by atoms with Gasteiger partial charge in [0.1, 0.15) is 5.82 Å². The van der Waals surface area contributed by atoms with Gasteiger partial charge in [0.25, 0.3) is 0 Å². The van der Waals surface area contributed by atoms with Crippen LogP contribution in [-0.2, 0) is 16.6 Å². The van der Waals surface area contributed by atoms with Gasteiger partial charge in [0, 0.05) is 18.3 Å². The minimum Gasteiger partial charge on any atom is -0.464 e. The SMILES string of the molecule is CCOC(=O)C(Nc1ccccc1F)c1cnn(C)c1C. The molecule has 5 nitrogen and oxygen atoms in total. The summed E-state index contributed by atoms with van der Waals surface area (Å²) in [6, 6.07) is 5.41. The van der Waals surface area contributed by atoms with Gasteiger partial charge in [0.05, 0.1) is 18.5 Å². The lowest BCUT2D eigenvalue weighted by Crippen LogP contribution is -2.24. The third-order valence-electron chi connectivity index (χ3n) is 3.28. The Morgan fingerprint density at radius 1 is 1.48 bits per heavy atom. The zero-order valence-corrected chi connectivity index (χ0v) is 12.3. The third kappa shape index (κ3) is 3.21. The van der Waals surface area contributed by atoms with Crippen molar-refractivity contribution >= 4 is 11.7 Å². The summed E-state index contributed by atoms with van der Waals surface area (Å²) in [5.74, 6) is -0.884. The first kappa shape index (κ1) is 15.0. The highest BCUT2D eigenvalue weighted by Gasteiger charge is 2.26. The Morgan fingerprint density at radius 2 is 2.19 bits per heavy atom. The van der Waals surface area contributed by atoms with Crippen molar-refractivity contribution in [3.63, 3.8) is 0 Å². The predicted octanol–water partition coefficient (Wildman–Crippen LogP) is 2.58. The van der Waals surface area contributed by atoms with Crippen molar-refractivity contribution in [1.29, 1.82) is 0 Å². The van der Waals surface area contributed by atoms with Gasteiger partial charge in [-0.3, -0.25) is 4.68 Å². The van der Waals surface area contributed by atoms with Gasteiger partial charge in [-0.05, 0) is 26.0 Å². The number of hydrogen-bond acceptors (Lipinski definition) is 4. The van der Waals surface area contributed by atoms with E-state index in [1.807, 2.05) is 6.92 Å². The molecule has 0 fully saturated rings. The molecule has 1 aromatic carbocycles. The minimum absolute atomic E-state index is 0.249. The fourth-order valence-electron chi connectivity index (χ4n) is 2.02. The van der Waals surface area contributed by atoms with Crippen molar-refractivity contribution in [2.24, 2.45) is 7.05 Å². The van der Waals surface area contributed by atoms with Gasteiger partial charge in [-0.1, -0.05) is 12.1 Å². The van der Waals surface area contributed by atoms with Gasteiger partial charge >= 0.3 is 5.97 Å². The third-order valence-corrected chi connectivity index (χ3v) is 3.28. The summed E-state index contributed by atoms with van der Waals surface area (Å²) in [7, 11) is 1.78. The molecule has 112 valence electrons. The Bertz CT molecular complexity index is 640. The van der Waals surface area contributed by atoms with Crippen LogP contribution in [0.1, 0.15) is 24.2 Å². The van der Waals surface area contributed by atoms with Crippen molar-refractivity contribution in [2.45, 2.75) is 19.9 Å². The van der Waals surface area contributed by atoms with E-state index in [1.54, 1.807) is 43.0 Å². The first-order valence-electron chi connectivity index (χ1n) is 6.70. The molecule has 0 aliphatic carbocycles. The molecule has 1 heterocycles. The van der Waals surface area contributed by atoms with E-state index in [-0.39, 0.29) is 12.3 Å². The van der Waals surface area contributed by atoms with Crippen molar-refractivity contribution in [3.8, 4) is 0 Å². The Kier molecular flexibility index (Phi) is 4.57. The number of aryl methyl sites for hydroxylation is 1. The van der Waals surface area contributed by atoms with Gasteiger partial charge in [0.2, 0.25) is 0 Å². The van der Waals surface area contributed by atoms with Crippen LogP contribution in [0.3, 0.4) is 0 Å². The molecule has 21 heavy (non-hydrogen) atoms. The molecule has 0 radical (unpaired) electrons. The number of benzene rings is 1. The van der Waals surface area contributed by atoms with Gasteiger partial charge in [-0.2, -0.15) is 5.10 Å². The van der Waals surface area contributed by atoms with E-state index < -0.39 is 17.8 Å². The Hall–Kier alpha value is -2.37. The van der Waals surface area contributed by atoms with Gasteiger partial charge in [-0.25, -0.2) is 9.18 Å². The molecule has 1 atom stereocenters. The van der Waals surface area contributed by atoms with Crippen LogP contribution in [0.15, 0.2) is 30.5 Å². The lowest BCUT2D eigenvalue weighted by molar-refractivity contribution is -0.144. The molecule has 0 saturated heterocycles. The van der Waals surface area contributed by atoms with Gasteiger partial charge < -0.3 is 10.1 Å². The molecule has 0 aliphatic rings. The van der Waals surface area contributed by atoms with Crippen molar-refractivity contribution in [3.05, 3.63) is 47.5 Å². The highest BCUT2D eigenvalue weighted by atomic mass is 19.1. The maximum Gasteiger partial charge on any atom is 0.333 e. The topological polar surface area (TPSA) is 56.1 Å². The van der Waals surface area contributed by atoms with Gasteiger partial charge in [-0.15, -0.1) is 0 Å². The number of nitrogens with zero attached hydrogens (tertiary/aromatic N) is 2. The molecule has 0 saturated carbocycles. The lowest BCUT2D eigenvalue weighted by Gasteiger charge is -2.18. The van der Waals surface area contributed by atoms with Crippen LogP contribution in [0.2, 0.25) is 0 Å². The Labute approximate surface area is 122 Å². The number of halogens is 1. The van der Waals surface area contributed by atoms with Crippen molar-refractivity contribution < 1.29 is 13.9 Å². The number of rotatable bonds is 5. The molecule has 0 spiro atoms. The number of esters is 1. The molecule has 1 aromatic heterocycles. The monoisotopic (exact) mass is 291 g/mol. The van der Waals surface area contributed by atoms with Crippen LogP contribution in [0, 0.1) is 12.7 Å². The second-order valence-corrected chi connectivity index (χ2v) is 4.62. The zero-order valence-electron chi connectivity index (χ0n) is 12.3. The fraction of sp³-hybridized carbons (Fsp3) is 0.333. The van der Waals surface area contributed by atoms with Crippen LogP contribution >= 0.6 is 0 Å². The summed E-state index contributed by atoms with van der Waals surface area (Å²) < 4.78 is 20.5. The van der Waals surface area contributed by atoms with E-state index in [9.17, 15) is 9.18 Å². The lowest BCUT2D eigenvalue weighted by atomic mass is 10.1. The van der Waals surface area contributed by atoms with Crippen LogP contribution in [0.4, 0.5) is 10.1 Å². The molecule has 0 aliphatic heterocycles. The summed E-state index contributed by atoms with van der Waals surface area (Å²) in [6.07, 6.45) is 1.59. The summed E-state index contributed by atoms with van der Waals surface area (Å²) in [5, 5.41) is 7.02. The molecule has 2 aromatic rings. The molecular formula is C15H18FN3O2. The quantitative estimate of drug-likeness (QED) is 0.860. The van der Waals surface area contributed by atoms with Crippen LogP contribution in [-0.4, -0.2) is 22.4 Å². The maximum atomic E-state index is 13.8. The number of aromatic nitrogens is 2. The van der Waals surface area contributed by atoms with E-state index in [0.29, 0.717) is 5.56 Å². The van der Waals surface area contributed by atoms with Crippen molar-refractivity contribution in [2.75, 3.05) is 11.9 Å². The zero-order chi connectivity index (χ0) is 15.4. The van der Waals surface area contributed by atoms with Crippen LogP contribution in [0.5, 0.6) is 0 Å². The number of para-hydroxylation sites is 1. The predicted molar refractivity (Wildman–Crippen MR) is 77.3 cm³/mol. The standard InChI is InChI=1S/C15H18FN3O2/c1-4-21-15(20)14(11-9-17-19(3)10(11)2)18-13-8-6-5-7-12(13)16/h5-9,14,18H,4H2,1-3H3. The number of nitrogens with one attached hydrogen (secondary N) is 1. The number of anilines is 1. The number of carbonyl (C=O) groups excluding carboxylic acids is 1. The average molecular weight is 291 g/mol. The number of hydrogen-bond donors (Lipinski definition) is 1. The van der Waals surface area contributed by atoms with Crippen LogP contribution in [0.25, 0.3) is 0 Å². The summed E-state index contributed by atoms with van der Waals surface area (Å²) in [6.45, 7) is 3.83. The molecule has 1 N–H and O–H groups in total. The van der Waals surface area contributed by atoms with E-state index in [2.05, 4.69) is 10.4 Å². The summed E-state index contributed by atoms with van der Waals surface area (Å²) >= 11 is 0. The molecule has 0 amide bonds. The largest absolute Gasteiger partial charge is 0.464 e. The normalized spacial score (nSPS) is 12.0. The first-order valence-corrected chi connectivity index (χ1v) is 6.70. The molecule has 6 heteroatoms. The number of carbonyl (C=O) groups is 1. The second kappa shape index (κ2) is 6.39. The molecule has 2 rings (SSSR count). The molecule has 1 unspecified atom stereocenters. The molecule has 0 bridgehead atoms.